The summed E-state index contributed by atoms with van der Waals surface area (Å²) in [5, 5.41) is 12.1. The Labute approximate surface area is 190 Å². The first-order valence-corrected chi connectivity index (χ1v) is 11.0. The molecule has 4 nitrogen and oxygen atoms in total. The van der Waals surface area contributed by atoms with E-state index in [0.717, 1.165) is 43.1 Å². The number of nitrogens with zero attached hydrogens (tertiary/aromatic N) is 1. The van der Waals surface area contributed by atoms with E-state index in [1.807, 2.05) is 18.2 Å². The second-order valence-corrected chi connectivity index (χ2v) is 9.28. The molecular weight excluding hydrogens is 456 g/mol. The highest BCUT2D eigenvalue weighted by atomic mass is 35.5. The maximum Gasteiger partial charge on any atom is 0.158 e. The van der Waals surface area contributed by atoms with Crippen molar-refractivity contribution in [2.75, 3.05) is 26.2 Å². The summed E-state index contributed by atoms with van der Waals surface area (Å²) in [4.78, 5) is 2.22. The smallest absolute Gasteiger partial charge is 0.158 e. The van der Waals surface area contributed by atoms with Crippen LogP contribution >= 0.6 is 46.4 Å². The first-order chi connectivity index (χ1) is 13.8. The lowest BCUT2D eigenvalue weighted by Gasteiger charge is -2.39. The Hall–Kier alpha value is -0.880. The summed E-state index contributed by atoms with van der Waals surface area (Å²) < 4.78 is 11.9. The second-order valence-electron chi connectivity index (χ2n) is 7.65. The Bertz CT molecular complexity index is 900. The normalized spacial score (nSPS) is 19.1. The van der Waals surface area contributed by atoms with E-state index in [0.29, 0.717) is 22.3 Å². The lowest BCUT2D eigenvalue weighted by atomic mass is 9.87. The van der Waals surface area contributed by atoms with E-state index in [9.17, 15) is 5.11 Å². The fourth-order valence-corrected chi connectivity index (χ4v) is 4.82. The van der Waals surface area contributed by atoms with Crippen LogP contribution in [0.4, 0.5) is 0 Å². The van der Waals surface area contributed by atoms with Crippen molar-refractivity contribution in [3.05, 3.63) is 56.0 Å². The van der Waals surface area contributed by atoms with Gasteiger partial charge >= 0.3 is 0 Å². The fourth-order valence-electron chi connectivity index (χ4n) is 4.00. The lowest BCUT2D eigenvalue weighted by Crippen LogP contribution is -2.49. The maximum absolute atomic E-state index is 10.4. The van der Waals surface area contributed by atoms with Gasteiger partial charge in [-0.15, -0.1) is 0 Å². The molecule has 8 heteroatoms. The Kier molecular flexibility index (Phi) is 6.41. The molecule has 0 aromatic heterocycles. The number of halogens is 4. The minimum Gasteiger partial charge on any atom is -0.488 e. The second kappa shape index (κ2) is 8.70. The third-order valence-electron chi connectivity index (χ3n) is 5.52. The Morgan fingerprint density at radius 1 is 1.07 bits per heavy atom. The molecule has 4 rings (SSSR count). The predicted molar refractivity (Wildman–Crippen MR) is 117 cm³/mol. The van der Waals surface area contributed by atoms with E-state index in [4.69, 9.17) is 55.9 Å². The molecule has 2 heterocycles. The van der Waals surface area contributed by atoms with Crippen molar-refractivity contribution < 1.29 is 14.6 Å². The molecule has 0 radical (unpaired) electrons. The van der Waals surface area contributed by atoms with Crippen LogP contribution < -0.4 is 9.47 Å². The van der Waals surface area contributed by atoms with Crippen LogP contribution in [0.25, 0.3) is 0 Å². The van der Waals surface area contributed by atoms with E-state index < -0.39 is 6.10 Å². The van der Waals surface area contributed by atoms with E-state index in [1.165, 1.54) is 5.56 Å². The van der Waals surface area contributed by atoms with Gasteiger partial charge in [0.05, 0.1) is 10.0 Å². The zero-order chi connectivity index (χ0) is 20.6. The standard InChI is InChI=1S/C21H21Cl4NO3/c22-14-1-4-18-13(9-14)10-21(29-18)5-7-26(8-6-21)11-15(27)12-28-20-17(24)3-2-16(23)19(20)25/h1-4,9,15,27H,5-8,10-12H2/t15-/m1/s1. The highest BCUT2D eigenvalue weighted by molar-refractivity contribution is 6.44. The average Bonchev–Trinajstić information content (AvgIpc) is 3.04. The summed E-state index contributed by atoms with van der Waals surface area (Å²) in [7, 11) is 0. The summed E-state index contributed by atoms with van der Waals surface area (Å²) in [5.74, 6) is 1.24. The Morgan fingerprint density at radius 2 is 1.79 bits per heavy atom. The average molecular weight is 477 g/mol. The first-order valence-electron chi connectivity index (χ1n) is 9.49. The zero-order valence-corrected chi connectivity index (χ0v) is 18.7. The van der Waals surface area contributed by atoms with Crippen LogP contribution in [-0.4, -0.2) is 48.0 Å². The number of hydrogen-bond donors (Lipinski definition) is 1. The number of aliphatic hydroxyl groups excluding tert-OH is 1. The van der Waals surface area contributed by atoms with Crippen LogP contribution in [0.5, 0.6) is 11.5 Å². The van der Waals surface area contributed by atoms with E-state index in [-0.39, 0.29) is 17.2 Å². The molecule has 2 aliphatic rings. The molecule has 2 aromatic rings. The monoisotopic (exact) mass is 475 g/mol. The van der Waals surface area contributed by atoms with Gasteiger partial charge in [0.1, 0.15) is 29.1 Å². The number of likely N-dealkylation sites (tertiary alicyclic amines) is 1. The summed E-state index contributed by atoms with van der Waals surface area (Å²) in [6.45, 7) is 2.28. The quantitative estimate of drug-likeness (QED) is 0.577. The van der Waals surface area contributed by atoms with Gasteiger partial charge < -0.3 is 19.5 Å². The van der Waals surface area contributed by atoms with Crippen molar-refractivity contribution in [1.29, 1.82) is 0 Å². The Balaban J connectivity index is 1.28. The molecule has 1 spiro atoms. The SMILES string of the molecule is O[C@@H](COc1c(Cl)ccc(Cl)c1Cl)CN1CCC2(CC1)Cc1cc(Cl)ccc1O2. The number of benzene rings is 2. The van der Waals surface area contributed by atoms with Gasteiger partial charge in [-0.25, -0.2) is 0 Å². The largest absolute Gasteiger partial charge is 0.488 e. The summed E-state index contributed by atoms with van der Waals surface area (Å²) in [6.07, 6.45) is 2.02. The van der Waals surface area contributed by atoms with Crippen molar-refractivity contribution in [2.45, 2.75) is 31.0 Å². The molecule has 29 heavy (non-hydrogen) atoms. The van der Waals surface area contributed by atoms with Crippen molar-refractivity contribution >= 4 is 46.4 Å². The molecule has 1 saturated heterocycles. The topological polar surface area (TPSA) is 41.9 Å². The summed E-state index contributed by atoms with van der Waals surface area (Å²) in [6, 6.07) is 9.03. The molecule has 0 unspecified atom stereocenters. The number of β-amino-alcohol motifs (C(OH)–C–C–N with tert-alkyl or cyclic N) is 1. The molecule has 0 saturated carbocycles. The van der Waals surface area contributed by atoms with E-state index in [1.54, 1.807) is 12.1 Å². The number of aliphatic hydroxyl groups is 1. The van der Waals surface area contributed by atoms with Crippen LogP contribution in [0.15, 0.2) is 30.3 Å². The van der Waals surface area contributed by atoms with Gasteiger partial charge in [0, 0.05) is 43.9 Å². The molecule has 1 atom stereocenters. The van der Waals surface area contributed by atoms with E-state index in [2.05, 4.69) is 4.90 Å². The minimum absolute atomic E-state index is 0.0852. The molecule has 156 valence electrons. The van der Waals surface area contributed by atoms with Gasteiger partial charge in [0.2, 0.25) is 0 Å². The molecule has 1 N–H and O–H groups in total. The summed E-state index contributed by atoms with van der Waals surface area (Å²) in [5.41, 5.74) is 1.02. The van der Waals surface area contributed by atoms with Gasteiger partial charge in [-0.2, -0.15) is 0 Å². The van der Waals surface area contributed by atoms with E-state index >= 15 is 0 Å². The van der Waals surface area contributed by atoms with Gasteiger partial charge in [0.15, 0.2) is 5.75 Å². The number of rotatable bonds is 5. The van der Waals surface area contributed by atoms with Crippen LogP contribution in [0.1, 0.15) is 18.4 Å². The van der Waals surface area contributed by atoms with Crippen molar-refractivity contribution in [3.63, 3.8) is 0 Å². The van der Waals surface area contributed by atoms with Crippen LogP contribution in [0.2, 0.25) is 20.1 Å². The molecule has 1 fully saturated rings. The van der Waals surface area contributed by atoms with Gasteiger partial charge in [-0.3, -0.25) is 0 Å². The summed E-state index contributed by atoms with van der Waals surface area (Å²) >= 11 is 24.4. The van der Waals surface area contributed by atoms with Crippen LogP contribution in [0, 0.1) is 0 Å². The fraction of sp³-hybridized carbons (Fsp3) is 0.429. The number of hydrogen-bond acceptors (Lipinski definition) is 4. The maximum atomic E-state index is 10.4. The molecule has 0 aliphatic carbocycles. The van der Waals surface area contributed by atoms with Gasteiger partial charge in [-0.1, -0.05) is 46.4 Å². The van der Waals surface area contributed by atoms with Crippen molar-refractivity contribution in [2.24, 2.45) is 0 Å². The highest BCUT2D eigenvalue weighted by Crippen LogP contribution is 2.42. The molecule has 0 bridgehead atoms. The van der Waals surface area contributed by atoms with Gasteiger partial charge in [0.25, 0.3) is 0 Å². The number of piperidine rings is 1. The molecule has 2 aliphatic heterocycles. The van der Waals surface area contributed by atoms with Crippen molar-refractivity contribution in [1.82, 2.24) is 4.90 Å². The zero-order valence-electron chi connectivity index (χ0n) is 15.6. The van der Waals surface area contributed by atoms with Crippen LogP contribution in [0.3, 0.4) is 0 Å². The van der Waals surface area contributed by atoms with Crippen LogP contribution in [-0.2, 0) is 6.42 Å². The van der Waals surface area contributed by atoms with Crippen molar-refractivity contribution in [3.8, 4) is 11.5 Å². The number of fused-ring (bicyclic) bond motifs is 1. The number of ether oxygens (including phenoxy) is 2. The van der Waals surface area contributed by atoms with Gasteiger partial charge in [-0.05, 0) is 35.9 Å². The molecular formula is C21H21Cl4NO3. The third kappa shape index (κ3) is 4.73. The molecule has 2 aromatic carbocycles. The lowest BCUT2D eigenvalue weighted by molar-refractivity contribution is -0.00194. The molecule has 0 amide bonds. The third-order valence-corrected chi connectivity index (χ3v) is 6.84. The predicted octanol–water partition coefficient (Wildman–Crippen LogP) is 5.51. The highest BCUT2D eigenvalue weighted by Gasteiger charge is 2.42. The first kappa shape index (κ1) is 21.4. The Morgan fingerprint density at radius 3 is 2.55 bits per heavy atom. The minimum atomic E-state index is -0.671.